The lowest BCUT2D eigenvalue weighted by Crippen LogP contribution is -2.38. The Balaban J connectivity index is 1.86. The van der Waals surface area contributed by atoms with Crippen LogP contribution in [0.3, 0.4) is 0 Å². The molecule has 0 aromatic heterocycles. The van der Waals surface area contributed by atoms with Crippen molar-refractivity contribution in [2.45, 2.75) is 71.4 Å². The van der Waals surface area contributed by atoms with Gasteiger partial charge in [0.1, 0.15) is 0 Å². The van der Waals surface area contributed by atoms with Crippen LogP contribution in [0.15, 0.2) is 0 Å². The molecule has 96 valence electrons. The highest BCUT2D eigenvalue weighted by Crippen LogP contribution is 2.18. The highest BCUT2D eigenvalue weighted by atomic mass is 14.9. The van der Waals surface area contributed by atoms with Crippen LogP contribution in [-0.4, -0.2) is 24.7 Å². The van der Waals surface area contributed by atoms with Gasteiger partial charge in [-0.25, -0.2) is 0 Å². The molecule has 2 nitrogen and oxygen atoms in total. The highest BCUT2D eigenvalue weighted by Gasteiger charge is 2.19. The minimum atomic E-state index is 0.266. The van der Waals surface area contributed by atoms with Gasteiger partial charge in [-0.1, -0.05) is 13.3 Å². The fraction of sp³-hybridized carbons (Fsp3) is 1.00. The van der Waals surface area contributed by atoms with Gasteiger partial charge >= 0.3 is 0 Å². The van der Waals surface area contributed by atoms with Gasteiger partial charge in [0.15, 0.2) is 0 Å². The molecule has 0 spiro atoms. The first kappa shape index (κ1) is 14.0. The van der Waals surface area contributed by atoms with E-state index in [1.807, 2.05) is 0 Å². The molecule has 16 heavy (non-hydrogen) atoms. The lowest BCUT2D eigenvalue weighted by Gasteiger charge is -2.23. The van der Waals surface area contributed by atoms with Crippen molar-refractivity contribution in [2.75, 3.05) is 13.1 Å². The Morgan fingerprint density at radius 1 is 1.19 bits per heavy atom. The Morgan fingerprint density at radius 2 is 1.88 bits per heavy atom. The number of hydrogen-bond donors (Lipinski definition) is 2. The van der Waals surface area contributed by atoms with Gasteiger partial charge in [0, 0.05) is 11.6 Å². The average Bonchev–Trinajstić information content (AvgIpc) is 2.97. The Labute approximate surface area is 102 Å². The van der Waals surface area contributed by atoms with E-state index < -0.39 is 0 Å². The van der Waals surface area contributed by atoms with Crippen molar-refractivity contribution < 1.29 is 0 Å². The van der Waals surface area contributed by atoms with Crippen LogP contribution >= 0.6 is 0 Å². The van der Waals surface area contributed by atoms with Crippen molar-refractivity contribution in [2.24, 2.45) is 5.92 Å². The minimum absolute atomic E-state index is 0.266. The maximum absolute atomic E-state index is 3.58. The van der Waals surface area contributed by atoms with Gasteiger partial charge in [-0.2, -0.15) is 0 Å². The SMILES string of the molecule is CC(CCCCNC1CC1)CNC(C)(C)C. The van der Waals surface area contributed by atoms with Gasteiger partial charge in [-0.3, -0.25) is 0 Å². The first-order valence-electron chi connectivity index (χ1n) is 6.96. The largest absolute Gasteiger partial charge is 0.314 e. The predicted molar refractivity (Wildman–Crippen MR) is 71.8 cm³/mol. The summed E-state index contributed by atoms with van der Waals surface area (Å²) in [6.07, 6.45) is 6.89. The summed E-state index contributed by atoms with van der Waals surface area (Å²) >= 11 is 0. The van der Waals surface area contributed by atoms with Gasteiger partial charge in [-0.05, 0) is 65.5 Å². The summed E-state index contributed by atoms with van der Waals surface area (Å²) in [7, 11) is 0. The van der Waals surface area contributed by atoms with Crippen LogP contribution in [0, 0.1) is 5.92 Å². The van der Waals surface area contributed by atoms with Gasteiger partial charge in [0.25, 0.3) is 0 Å². The molecule has 0 heterocycles. The Morgan fingerprint density at radius 3 is 2.44 bits per heavy atom. The fourth-order valence-electron chi connectivity index (χ4n) is 1.79. The van der Waals surface area contributed by atoms with E-state index in [4.69, 9.17) is 0 Å². The summed E-state index contributed by atoms with van der Waals surface area (Å²) in [6.45, 7) is 11.4. The molecule has 1 saturated carbocycles. The quantitative estimate of drug-likeness (QED) is 0.622. The Bertz CT molecular complexity index is 180. The lowest BCUT2D eigenvalue weighted by molar-refractivity contribution is 0.366. The van der Waals surface area contributed by atoms with E-state index in [1.165, 1.54) is 38.6 Å². The highest BCUT2D eigenvalue weighted by molar-refractivity contribution is 4.80. The smallest absolute Gasteiger partial charge is 0.00966 e. The molecule has 0 aromatic rings. The Kier molecular flexibility index (Phi) is 5.77. The zero-order valence-corrected chi connectivity index (χ0v) is 11.6. The summed E-state index contributed by atoms with van der Waals surface area (Å²) in [5.74, 6) is 0.806. The van der Waals surface area contributed by atoms with Crippen molar-refractivity contribution in [3.05, 3.63) is 0 Å². The fourth-order valence-corrected chi connectivity index (χ4v) is 1.79. The summed E-state index contributed by atoms with van der Waals surface area (Å²) in [6, 6.07) is 0.875. The third-order valence-corrected chi connectivity index (χ3v) is 3.11. The zero-order valence-electron chi connectivity index (χ0n) is 11.6. The van der Waals surface area contributed by atoms with Crippen molar-refractivity contribution in [3.63, 3.8) is 0 Å². The van der Waals surface area contributed by atoms with Crippen molar-refractivity contribution in [1.82, 2.24) is 10.6 Å². The second kappa shape index (κ2) is 6.61. The molecule has 2 N–H and O–H groups in total. The number of unbranched alkanes of at least 4 members (excludes halogenated alkanes) is 1. The third kappa shape index (κ3) is 8.12. The van der Waals surface area contributed by atoms with Gasteiger partial charge in [0.2, 0.25) is 0 Å². The maximum atomic E-state index is 3.58. The molecule has 1 rings (SSSR count). The molecular formula is C14H30N2. The van der Waals surface area contributed by atoms with E-state index in [1.54, 1.807) is 0 Å². The van der Waals surface area contributed by atoms with Gasteiger partial charge < -0.3 is 10.6 Å². The summed E-state index contributed by atoms with van der Waals surface area (Å²) in [5, 5.41) is 7.15. The summed E-state index contributed by atoms with van der Waals surface area (Å²) in [5.41, 5.74) is 0.266. The van der Waals surface area contributed by atoms with Gasteiger partial charge in [0.05, 0.1) is 0 Å². The molecule has 0 bridgehead atoms. The van der Waals surface area contributed by atoms with Crippen LogP contribution in [0.4, 0.5) is 0 Å². The van der Waals surface area contributed by atoms with Crippen LogP contribution in [-0.2, 0) is 0 Å². The molecule has 1 aliphatic rings. The van der Waals surface area contributed by atoms with E-state index in [2.05, 4.69) is 38.3 Å². The monoisotopic (exact) mass is 226 g/mol. The molecule has 1 fully saturated rings. The van der Waals surface area contributed by atoms with Crippen LogP contribution in [0.1, 0.15) is 59.8 Å². The topological polar surface area (TPSA) is 24.1 Å². The second-order valence-electron chi connectivity index (χ2n) is 6.46. The molecule has 0 radical (unpaired) electrons. The second-order valence-corrected chi connectivity index (χ2v) is 6.46. The standard InChI is InChI=1S/C14H30N2/c1-12(11-16-14(2,3)4)7-5-6-10-15-13-8-9-13/h12-13,15-16H,5-11H2,1-4H3. The third-order valence-electron chi connectivity index (χ3n) is 3.11. The average molecular weight is 226 g/mol. The van der Waals surface area contributed by atoms with Crippen LogP contribution in [0.25, 0.3) is 0 Å². The van der Waals surface area contributed by atoms with Gasteiger partial charge in [-0.15, -0.1) is 0 Å². The lowest BCUT2D eigenvalue weighted by atomic mass is 10.0. The normalized spacial score (nSPS) is 18.8. The zero-order chi connectivity index (χ0) is 12.0. The Hall–Kier alpha value is -0.0800. The molecule has 0 saturated heterocycles. The minimum Gasteiger partial charge on any atom is -0.314 e. The number of rotatable bonds is 8. The summed E-state index contributed by atoms with van der Waals surface area (Å²) in [4.78, 5) is 0. The number of hydrogen-bond acceptors (Lipinski definition) is 2. The molecule has 0 amide bonds. The van der Waals surface area contributed by atoms with Crippen LogP contribution in [0.2, 0.25) is 0 Å². The molecule has 2 heteroatoms. The molecule has 1 aliphatic carbocycles. The van der Waals surface area contributed by atoms with Crippen molar-refractivity contribution in [3.8, 4) is 0 Å². The molecular weight excluding hydrogens is 196 g/mol. The van der Waals surface area contributed by atoms with E-state index in [0.29, 0.717) is 0 Å². The summed E-state index contributed by atoms with van der Waals surface area (Å²) < 4.78 is 0. The number of nitrogens with one attached hydrogen (secondary N) is 2. The van der Waals surface area contributed by atoms with E-state index in [0.717, 1.165) is 18.5 Å². The first-order chi connectivity index (χ1) is 7.47. The molecule has 0 aliphatic heterocycles. The van der Waals surface area contributed by atoms with E-state index in [9.17, 15) is 0 Å². The maximum Gasteiger partial charge on any atom is 0.00966 e. The van der Waals surface area contributed by atoms with E-state index >= 15 is 0 Å². The predicted octanol–water partition coefficient (Wildman–Crippen LogP) is 2.93. The van der Waals surface area contributed by atoms with Crippen LogP contribution in [0.5, 0.6) is 0 Å². The molecule has 0 aromatic carbocycles. The van der Waals surface area contributed by atoms with E-state index in [-0.39, 0.29) is 5.54 Å². The first-order valence-corrected chi connectivity index (χ1v) is 6.96. The van der Waals surface area contributed by atoms with Crippen molar-refractivity contribution in [1.29, 1.82) is 0 Å². The van der Waals surface area contributed by atoms with Crippen molar-refractivity contribution >= 4 is 0 Å². The molecule has 1 unspecified atom stereocenters. The van der Waals surface area contributed by atoms with Crippen LogP contribution < -0.4 is 10.6 Å². The molecule has 1 atom stereocenters.